The Labute approximate surface area is 126 Å². The van der Waals surface area contributed by atoms with Crippen LogP contribution in [0.4, 0.5) is 0 Å². The van der Waals surface area contributed by atoms with Crippen LogP contribution >= 0.6 is 11.6 Å². The molecule has 3 aromatic rings. The third-order valence-corrected chi connectivity index (χ3v) is 4.53. The Morgan fingerprint density at radius 1 is 1.33 bits per heavy atom. The number of aromatic nitrogens is 5. The van der Waals surface area contributed by atoms with Crippen LogP contribution < -0.4 is 0 Å². The first-order chi connectivity index (χ1) is 10.1. The number of aliphatic hydroxyl groups is 1. The minimum Gasteiger partial charge on any atom is -0.377 e. The van der Waals surface area contributed by atoms with Gasteiger partial charge in [-0.15, -0.1) is 0 Å². The van der Waals surface area contributed by atoms with Gasteiger partial charge in [-0.3, -0.25) is 9.08 Å². The summed E-state index contributed by atoms with van der Waals surface area (Å²) in [5, 5.41) is 15.9. The number of nitrogens with zero attached hydrogens (tertiary/aromatic N) is 5. The highest BCUT2D eigenvalue weighted by Gasteiger charge is 2.41. The molecule has 0 saturated heterocycles. The van der Waals surface area contributed by atoms with Gasteiger partial charge in [-0.05, 0) is 19.3 Å². The molecule has 0 radical (unpaired) electrons. The second-order valence-corrected chi connectivity index (χ2v) is 5.76. The minimum atomic E-state index is -1.14. The van der Waals surface area contributed by atoms with E-state index in [1.807, 2.05) is 11.7 Å². The zero-order chi connectivity index (χ0) is 14.6. The molecule has 0 unspecified atom stereocenters. The molecule has 108 valence electrons. The van der Waals surface area contributed by atoms with Crippen molar-refractivity contribution in [3.8, 4) is 0 Å². The van der Waals surface area contributed by atoms with Crippen molar-refractivity contribution in [2.24, 2.45) is 7.05 Å². The fourth-order valence-electron chi connectivity index (χ4n) is 3.19. The molecule has 0 aliphatic heterocycles. The van der Waals surface area contributed by atoms with Gasteiger partial charge in [0.25, 0.3) is 0 Å². The van der Waals surface area contributed by atoms with E-state index in [0.29, 0.717) is 22.9 Å². The first-order valence-corrected chi connectivity index (χ1v) is 7.21. The number of aryl methyl sites for hydroxylation is 1. The zero-order valence-corrected chi connectivity index (χ0v) is 12.2. The smallest absolute Gasteiger partial charge is 0.154 e. The van der Waals surface area contributed by atoms with Crippen molar-refractivity contribution in [2.45, 2.75) is 24.9 Å². The molecule has 0 saturated carbocycles. The molecular weight excluding hydrogens is 290 g/mol. The Bertz CT molecular complexity index is 839. The second-order valence-electron chi connectivity index (χ2n) is 5.40. The van der Waals surface area contributed by atoms with E-state index in [-0.39, 0.29) is 0 Å². The van der Waals surface area contributed by atoms with Gasteiger partial charge in [-0.1, -0.05) is 11.6 Å². The second kappa shape index (κ2) is 4.29. The van der Waals surface area contributed by atoms with Crippen molar-refractivity contribution in [3.05, 3.63) is 47.0 Å². The van der Waals surface area contributed by atoms with Crippen molar-refractivity contribution >= 4 is 17.1 Å². The third kappa shape index (κ3) is 1.66. The average molecular weight is 304 g/mol. The SMILES string of the molecule is Cn1ncc2c1CCC[C@@]2(O)c1ncc2c(Cl)nccn12. The first kappa shape index (κ1) is 12.8. The van der Waals surface area contributed by atoms with E-state index < -0.39 is 5.60 Å². The van der Waals surface area contributed by atoms with Crippen molar-refractivity contribution in [3.63, 3.8) is 0 Å². The summed E-state index contributed by atoms with van der Waals surface area (Å²) in [5.74, 6) is 0.566. The molecule has 1 aliphatic rings. The Morgan fingerprint density at radius 2 is 2.19 bits per heavy atom. The van der Waals surface area contributed by atoms with Gasteiger partial charge in [0.2, 0.25) is 0 Å². The van der Waals surface area contributed by atoms with Gasteiger partial charge < -0.3 is 5.11 Å². The highest BCUT2D eigenvalue weighted by atomic mass is 35.5. The van der Waals surface area contributed by atoms with Crippen LogP contribution in [0.1, 0.15) is 29.9 Å². The summed E-state index contributed by atoms with van der Waals surface area (Å²) in [6, 6.07) is 0. The minimum absolute atomic E-state index is 0.377. The summed E-state index contributed by atoms with van der Waals surface area (Å²) in [5.41, 5.74) is 1.44. The van der Waals surface area contributed by atoms with E-state index in [4.69, 9.17) is 11.6 Å². The Hall–Kier alpha value is -1.92. The first-order valence-electron chi connectivity index (χ1n) is 6.83. The van der Waals surface area contributed by atoms with Crippen molar-refractivity contribution < 1.29 is 5.11 Å². The summed E-state index contributed by atoms with van der Waals surface area (Å²) >= 11 is 6.09. The summed E-state index contributed by atoms with van der Waals surface area (Å²) < 4.78 is 3.63. The molecule has 0 aromatic carbocycles. The van der Waals surface area contributed by atoms with Crippen LogP contribution in [0.2, 0.25) is 5.15 Å². The van der Waals surface area contributed by atoms with Crippen LogP contribution in [-0.4, -0.2) is 29.3 Å². The molecule has 3 aromatic heterocycles. The molecule has 6 nitrogen and oxygen atoms in total. The van der Waals surface area contributed by atoms with E-state index in [1.54, 1.807) is 29.2 Å². The lowest BCUT2D eigenvalue weighted by Gasteiger charge is -2.31. The fraction of sp³-hybridized carbons (Fsp3) is 0.357. The molecule has 0 bridgehead atoms. The lowest BCUT2D eigenvalue weighted by Crippen LogP contribution is -2.34. The van der Waals surface area contributed by atoms with Gasteiger partial charge >= 0.3 is 0 Å². The van der Waals surface area contributed by atoms with Crippen LogP contribution in [-0.2, 0) is 19.1 Å². The molecule has 21 heavy (non-hydrogen) atoms. The molecule has 0 amide bonds. The van der Waals surface area contributed by atoms with Gasteiger partial charge in [0.15, 0.2) is 10.8 Å². The quantitative estimate of drug-likeness (QED) is 0.743. The standard InChI is InChI=1S/C14H14ClN5O/c1-19-10-3-2-4-14(21,9(10)7-18-19)13-17-8-11-12(15)16-5-6-20(11)13/h5-8,21H,2-4H2,1H3/t14-/m0/s1. The molecule has 3 heterocycles. The maximum Gasteiger partial charge on any atom is 0.154 e. The van der Waals surface area contributed by atoms with Crippen molar-refractivity contribution in [1.29, 1.82) is 0 Å². The summed E-state index contributed by atoms with van der Waals surface area (Å²) in [7, 11) is 1.90. The maximum atomic E-state index is 11.3. The van der Waals surface area contributed by atoms with E-state index in [0.717, 1.165) is 24.1 Å². The monoisotopic (exact) mass is 303 g/mol. The Morgan fingerprint density at radius 3 is 3.05 bits per heavy atom. The van der Waals surface area contributed by atoms with Gasteiger partial charge in [0, 0.05) is 30.7 Å². The third-order valence-electron chi connectivity index (χ3n) is 4.24. The number of rotatable bonds is 1. The van der Waals surface area contributed by atoms with Gasteiger partial charge in [-0.2, -0.15) is 5.10 Å². The number of fused-ring (bicyclic) bond motifs is 2. The highest BCUT2D eigenvalue weighted by molar-refractivity contribution is 6.32. The van der Waals surface area contributed by atoms with Crippen LogP contribution in [0, 0.1) is 0 Å². The Balaban J connectivity index is 1.98. The Kier molecular flexibility index (Phi) is 2.61. The summed E-state index contributed by atoms with van der Waals surface area (Å²) in [4.78, 5) is 8.45. The van der Waals surface area contributed by atoms with E-state index >= 15 is 0 Å². The van der Waals surface area contributed by atoms with Crippen molar-refractivity contribution in [1.82, 2.24) is 24.1 Å². The molecule has 0 spiro atoms. The van der Waals surface area contributed by atoms with Gasteiger partial charge in [-0.25, -0.2) is 9.97 Å². The molecule has 1 aliphatic carbocycles. The van der Waals surface area contributed by atoms with Gasteiger partial charge in [0.05, 0.1) is 12.4 Å². The highest BCUT2D eigenvalue weighted by Crippen LogP contribution is 2.40. The lowest BCUT2D eigenvalue weighted by atomic mass is 9.82. The number of hydrogen-bond donors (Lipinski definition) is 1. The predicted molar refractivity (Wildman–Crippen MR) is 77.1 cm³/mol. The van der Waals surface area contributed by atoms with E-state index in [1.165, 1.54) is 0 Å². The molecular formula is C14H14ClN5O. The predicted octanol–water partition coefficient (Wildman–Crippen LogP) is 1.69. The molecule has 1 N–H and O–H groups in total. The lowest BCUT2D eigenvalue weighted by molar-refractivity contribution is 0.0514. The van der Waals surface area contributed by atoms with E-state index in [2.05, 4.69) is 15.1 Å². The summed E-state index contributed by atoms with van der Waals surface area (Å²) in [6.07, 6.45) is 9.18. The largest absolute Gasteiger partial charge is 0.377 e. The van der Waals surface area contributed by atoms with Crippen molar-refractivity contribution in [2.75, 3.05) is 0 Å². The normalized spacial score (nSPS) is 21.7. The molecule has 7 heteroatoms. The van der Waals surface area contributed by atoms with Gasteiger partial charge in [0.1, 0.15) is 11.3 Å². The number of halogens is 1. The topological polar surface area (TPSA) is 68.2 Å². The number of imidazole rings is 1. The fourth-order valence-corrected chi connectivity index (χ4v) is 3.38. The van der Waals surface area contributed by atoms with E-state index in [9.17, 15) is 5.11 Å². The molecule has 0 fully saturated rings. The number of hydrogen-bond acceptors (Lipinski definition) is 4. The zero-order valence-electron chi connectivity index (χ0n) is 11.5. The van der Waals surface area contributed by atoms with Crippen LogP contribution in [0.25, 0.3) is 5.52 Å². The molecule has 1 atom stereocenters. The van der Waals surface area contributed by atoms with Crippen LogP contribution in [0.3, 0.4) is 0 Å². The molecule has 4 rings (SSSR count). The van der Waals surface area contributed by atoms with Crippen LogP contribution in [0.5, 0.6) is 0 Å². The summed E-state index contributed by atoms with van der Waals surface area (Å²) in [6.45, 7) is 0. The average Bonchev–Trinajstić information content (AvgIpc) is 3.06. The maximum absolute atomic E-state index is 11.3. The van der Waals surface area contributed by atoms with Crippen LogP contribution in [0.15, 0.2) is 24.8 Å².